The van der Waals surface area contributed by atoms with Crippen LogP contribution in [0.3, 0.4) is 0 Å². The first kappa shape index (κ1) is 8.71. The van der Waals surface area contributed by atoms with Gasteiger partial charge in [0.1, 0.15) is 0 Å². The summed E-state index contributed by atoms with van der Waals surface area (Å²) in [6.45, 7) is 0. The van der Waals surface area contributed by atoms with E-state index in [1.807, 2.05) is 46.3 Å². The van der Waals surface area contributed by atoms with Gasteiger partial charge in [0, 0.05) is 24.8 Å². The Morgan fingerprint density at radius 2 is 1.40 bits per heavy atom. The lowest BCUT2D eigenvalue weighted by atomic mass is 10.1. The molecule has 0 aromatic carbocycles. The van der Waals surface area contributed by atoms with E-state index in [1.165, 1.54) is 12.8 Å². The van der Waals surface area contributed by atoms with E-state index < -0.39 is 0 Å². The van der Waals surface area contributed by atoms with Crippen molar-refractivity contribution in [2.75, 3.05) is 0 Å². The predicted molar refractivity (Wildman–Crippen MR) is 56.3 cm³/mol. The standard InChI is InChI=1S/C11H14N4/c1-2-6-11(5-1,14-9-3-7-12-14)15-10-4-8-13-15/h3-4,7-10H,1-2,5-6H2. The molecule has 4 heteroatoms. The summed E-state index contributed by atoms with van der Waals surface area (Å²) in [5.41, 5.74) is -0.0486. The number of hydrogen-bond donors (Lipinski definition) is 0. The van der Waals surface area contributed by atoms with Crippen LogP contribution >= 0.6 is 0 Å². The highest BCUT2D eigenvalue weighted by Crippen LogP contribution is 2.36. The summed E-state index contributed by atoms with van der Waals surface area (Å²) >= 11 is 0. The average molecular weight is 202 g/mol. The van der Waals surface area contributed by atoms with E-state index in [2.05, 4.69) is 10.2 Å². The second kappa shape index (κ2) is 3.22. The first-order valence-electron chi connectivity index (χ1n) is 5.42. The third kappa shape index (κ3) is 1.21. The van der Waals surface area contributed by atoms with Crippen LogP contribution in [0.4, 0.5) is 0 Å². The fourth-order valence-electron chi connectivity index (χ4n) is 2.53. The van der Waals surface area contributed by atoms with Crippen LogP contribution in [0.25, 0.3) is 0 Å². The minimum Gasteiger partial charge on any atom is -0.245 e. The Balaban J connectivity index is 2.10. The fourth-order valence-corrected chi connectivity index (χ4v) is 2.53. The largest absolute Gasteiger partial charge is 0.245 e. The molecule has 4 nitrogen and oxygen atoms in total. The molecule has 0 bridgehead atoms. The fraction of sp³-hybridized carbons (Fsp3) is 0.455. The van der Waals surface area contributed by atoms with Gasteiger partial charge < -0.3 is 0 Å². The molecule has 0 radical (unpaired) electrons. The molecule has 15 heavy (non-hydrogen) atoms. The third-order valence-electron chi connectivity index (χ3n) is 3.27. The van der Waals surface area contributed by atoms with E-state index in [0.717, 1.165) is 12.8 Å². The molecular formula is C11H14N4. The maximum Gasteiger partial charge on any atom is 0.153 e. The zero-order valence-electron chi connectivity index (χ0n) is 8.58. The molecule has 0 N–H and O–H groups in total. The van der Waals surface area contributed by atoms with Crippen LogP contribution < -0.4 is 0 Å². The van der Waals surface area contributed by atoms with Gasteiger partial charge in [-0.2, -0.15) is 10.2 Å². The number of hydrogen-bond acceptors (Lipinski definition) is 2. The van der Waals surface area contributed by atoms with Crippen molar-refractivity contribution in [2.24, 2.45) is 0 Å². The zero-order valence-corrected chi connectivity index (χ0v) is 8.58. The second-order valence-corrected chi connectivity index (χ2v) is 4.09. The van der Waals surface area contributed by atoms with E-state index in [9.17, 15) is 0 Å². The Morgan fingerprint density at radius 3 is 1.80 bits per heavy atom. The van der Waals surface area contributed by atoms with Crippen molar-refractivity contribution in [3.8, 4) is 0 Å². The zero-order chi connectivity index (χ0) is 10.1. The SMILES string of the molecule is c1cnn(C2(n3cccn3)CCCC2)c1. The van der Waals surface area contributed by atoms with Crippen LogP contribution in [0.1, 0.15) is 25.7 Å². The first-order chi connectivity index (χ1) is 7.42. The lowest BCUT2D eigenvalue weighted by Crippen LogP contribution is -2.39. The van der Waals surface area contributed by atoms with Crippen LogP contribution in [-0.2, 0) is 5.66 Å². The van der Waals surface area contributed by atoms with Crippen LogP contribution in [0, 0.1) is 0 Å². The normalized spacial score (nSPS) is 19.5. The molecule has 2 heterocycles. The van der Waals surface area contributed by atoms with Gasteiger partial charge in [0.25, 0.3) is 0 Å². The summed E-state index contributed by atoms with van der Waals surface area (Å²) in [6, 6.07) is 3.95. The predicted octanol–water partition coefficient (Wildman–Crippen LogP) is 1.85. The van der Waals surface area contributed by atoms with Gasteiger partial charge in [0.15, 0.2) is 5.66 Å². The first-order valence-corrected chi connectivity index (χ1v) is 5.42. The van der Waals surface area contributed by atoms with E-state index in [4.69, 9.17) is 0 Å². The summed E-state index contributed by atoms with van der Waals surface area (Å²) in [5.74, 6) is 0. The molecule has 3 rings (SSSR count). The Hall–Kier alpha value is -1.58. The molecule has 1 aliphatic rings. The Bertz CT molecular complexity index is 373. The van der Waals surface area contributed by atoms with E-state index in [-0.39, 0.29) is 5.66 Å². The Morgan fingerprint density at radius 1 is 0.867 bits per heavy atom. The van der Waals surface area contributed by atoms with Gasteiger partial charge in [-0.1, -0.05) is 0 Å². The van der Waals surface area contributed by atoms with E-state index >= 15 is 0 Å². The van der Waals surface area contributed by atoms with Crippen LogP contribution in [0.15, 0.2) is 36.9 Å². The molecule has 0 saturated heterocycles. The summed E-state index contributed by atoms with van der Waals surface area (Å²) in [6.07, 6.45) is 12.5. The monoisotopic (exact) mass is 202 g/mol. The van der Waals surface area contributed by atoms with Crippen molar-refractivity contribution < 1.29 is 0 Å². The Kier molecular flexibility index (Phi) is 1.87. The highest BCUT2D eigenvalue weighted by Gasteiger charge is 2.38. The van der Waals surface area contributed by atoms with Gasteiger partial charge in [-0.05, 0) is 37.8 Å². The quantitative estimate of drug-likeness (QED) is 0.745. The topological polar surface area (TPSA) is 35.6 Å². The van der Waals surface area contributed by atoms with Gasteiger partial charge in [-0.25, -0.2) is 9.36 Å². The summed E-state index contributed by atoms with van der Waals surface area (Å²) < 4.78 is 4.10. The van der Waals surface area contributed by atoms with Gasteiger partial charge in [-0.3, -0.25) is 0 Å². The molecule has 2 aromatic rings. The summed E-state index contributed by atoms with van der Waals surface area (Å²) in [4.78, 5) is 0. The molecular weight excluding hydrogens is 188 g/mol. The van der Waals surface area contributed by atoms with Crippen molar-refractivity contribution in [3.05, 3.63) is 36.9 Å². The Labute approximate surface area is 88.5 Å². The highest BCUT2D eigenvalue weighted by molar-refractivity contribution is 4.97. The number of rotatable bonds is 2. The van der Waals surface area contributed by atoms with Crippen LogP contribution in [0.5, 0.6) is 0 Å². The van der Waals surface area contributed by atoms with Crippen molar-refractivity contribution in [3.63, 3.8) is 0 Å². The molecule has 1 saturated carbocycles. The van der Waals surface area contributed by atoms with Crippen molar-refractivity contribution in [1.29, 1.82) is 0 Å². The van der Waals surface area contributed by atoms with Gasteiger partial charge in [-0.15, -0.1) is 0 Å². The summed E-state index contributed by atoms with van der Waals surface area (Å²) in [7, 11) is 0. The molecule has 0 atom stereocenters. The minimum atomic E-state index is -0.0486. The van der Waals surface area contributed by atoms with E-state index in [1.54, 1.807) is 0 Å². The molecule has 1 aliphatic carbocycles. The third-order valence-corrected chi connectivity index (χ3v) is 3.27. The average Bonchev–Trinajstić information content (AvgIpc) is 3.02. The van der Waals surface area contributed by atoms with E-state index in [0.29, 0.717) is 0 Å². The van der Waals surface area contributed by atoms with Crippen molar-refractivity contribution in [2.45, 2.75) is 31.3 Å². The maximum atomic E-state index is 4.38. The molecule has 2 aromatic heterocycles. The number of nitrogens with zero attached hydrogens (tertiary/aromatic N) is 4. The summed E-state index contributed by atoms with van der Waals surface area (Å²) in [5, 5.41) is 8.76. The lowest BCUT2D eigenvalue weighted by Gasteiger charge is -2.30. The van der Waals surface area contributed by atoms with Gasteiger partial charge in [0.05, 0.1) is 0 Å². The van der Waals surface area contributed by atoms with Gasteiger partial charge >= 0.3 is 0 Å². The molecule has 0 spiro atoms. The molecule has 78 valence electrons. The number of aromatic nitrogens is 4. The van der Waals surface area contributed by atoms with Crippen LogP contribution in [0.2, 0.25) is 0 Å². The highest BCUT2D eigenvalue weighted by atomic mass is 15.5. The molecule has 1 fully saturated rings. The van der Waals surface area contributed by atoms with Crippen molar-refractivity contribution >= 4 is 0 Å². The minimum absolute atomic E-state index is 0.0486. The molecule has 0 amide bonds. The second-order valence-electron chi connectivity index (χ2n) is 4.09. The lowest BCUT2D eigenvalue weighted by molar-refractivity contribution is 0.187. The molecule has 0 aliphatic heterocycles. The van der Waals surface area contributed by atoms with Gasteiger partial charge in [0.2, 0.25) is 0 Å². The van der Waals surface area contributed by atoms with Crippen LogP contribution in [-0.4, -0.2) is 19.6 Å². The maximum absolute atomic E-state index is 4.38. The molecule has 0 unspecified atom stereocenters. The smallest absolute Gasteiger partial charge is 0.153 e. The van der Waals surface area contributed by atoms with Crippen molar-refractivity contribution in [1.82, 2.24) is 19.6 Å².